The van der Waals surface area contributed by atoms with Gasteiger partial charge >= 0.3 is 0 Å². The van der Waals surface area contributed by atoms with Crippen molar-refractivity contribution in [2.24, 2.45) is 29.6 Å². The van der Waals surface area contributed by atoms with Gasteiger partial charge in [0.2, 0.25) is 0 Å². The highest BCUT2D eigenvalue weighted by Gasteiger charge is 2.62. The van der Waals surface area contributed by atoms with Crippen molar-refractivity contribution in [1.29, 1.82) is 0 Å². The largest absolute Gasteiger partial charge is 0.355 e. The fourth-order valence-electron chi connectivity index (χ4n) is 7.32. The lowest BCUT2D eigenvalue weighted by Crippen LogP contribution is -2.60. The Morgan fingerprint density at radius 1 is 0.833 bits per heavy atom. The Bertz CT molecular complexity index is 777. The van der Waals surface area contributed by atoms with E-state index in [9.17, 15) is 0 Å². The predicted octanol–water partition coefficient (Wildman–Crippen LogP) is 5.73. The SMILES string of the molecule is C[C@H]1C2CC3C[C@@H](C2)C[C@@H]1C31c2ccccc2Nc2ccccc21. The van der Waals surface area contributed by atoms with Crippen LogP contribution in [0.25, 0.3) is 0 Å². The van der Waals surface area contributed by atoms with Crippen LogP contribution in [0.3, 0.4) is 0 Å². The molecule has 1 N–H and O–H groups in total. The molecule has 2 unspecified atom stereocenters. The van der Waals surface area contributed by atoms with Gasteiger partial charge < -0.3 is 5.32 Å². The van der Waals surface area contributed by atoms with E-state index in [1.54, 1.807) is 11.1 Å². The third-order valence-corrected chi connectivity index (χ3v) is 8.05. The molecule has 5 aliphatic rings. The standard InChI is InChI=1S/C23H25N/c1-14-16-10-15-11-17(13-16)23(20(14)12-15)18-6-2-4-8-21(18)24-22-9-5-3-7-19(22)23/h2-9,14-17,20,24H,10-13H2,1H3/t14-,15+,16?,17?,20-/m0/s1. The molecule has 7 rings (SSSR count). The first kappa shape index (κ1) is 13.5. The normalized spacial score (nSPS) is 37.0. The van der Waals surface area contributed by atoms with E-state index >= 15 is 0 Å². The Labute approximate surface area is 144 Å². The first-order valence-corrected chi connectivity index (χ1v) is 9.74. The molecule has 122 valence electrons. The average molecular weight is 315 g/mol. The molecular weight excluding hydrogens is 290 g/mol. The van der Waals surface area contributed by atoms with E-state index in [0.717, 1.165) is 29.6 Å². The van der Waals surface area contributed by atoms with Gasteiger partial charge in [0.1, 0.15) is 0 Å². The number of nitrogens with one attached hydrogen (secondary N) is 1. The molecule has 24 heavy (non-hydrogen) atoms. The van der Waals surface area contributed by atoms with Crippen LogP contribution in [0.2, 0.25) is 0 Å². The van der Waals surface area contributed by atoms with E-state index in [1.807, 2.05) is 0 Å². The molecule has 0 saturated heterocycles. The van der Waals surface area contributed by atoms with Crippen LogP contribution >= 0.6 is 0 Å². The number of anilines is 2. The zero-order valence-electron chi connectivity index (χ0n) is 14.3. The minimum absolute atomic E-state index is 0.255. The Hall–Kier alpha value is -1.76. The Morgan fingerprint density at radius 3 is 2.21 bits per heavy atom. The molecule has 4 aliphatic carbocycles. The molecule has 5 atom stereocenters. The molecule has 1 spiro atoms. The summed E-state index contributed by atoms with van der Waals surface area (Å²) in [7, 11) is 0. The van der Waals surface area contributed by atoms with Gasteiger partial charge in [0.25, 0.3) is 0 Å². The Balaban J connectivity index is 1.68. The Kier molecular flexibility index (Phi) is 2.50. The lowest BCUT2D eigenvalue weighted by Gasteiger charge is -2.65. The average Bonchev–Trinajstić information content (AvgIpc) is 2.62. The molecule has 1 nitrogen and oxygen atoms in total. The predicted molar refractivity (Wildman–Crippen MR) is 98.5 cm³/mol. The second kappa shape index (κ2) is 4.45. The molecule has 0 amide bonds. The molecule has 1 aliphatic heterocycles. The highest BCUT2D eigenvalue weighted by molar-refractivity contribution is 5.76. The molecule has 2 aromatic carbocycles. The van der Waals surface area contributed by atoms with Crippen molar-refractivity contribution >= 4 is 11.4 Å². The van der Waals surface area contributed by atoms with Gasteiger partial charge in [-0.15, -0.1) is 0 Å². The van der Waals surface area contributed by atoms with E-state index in [1.165, 1.54) is 37.1 Å². The van der Waals surface area contributed by atoms with Crippen LogP contribution in [0.5, 0.6) is 0 Å². The molecule has 4 bridgehead atoms. The monoisotopic (exact) mass is 315 g/mol. The summed E-state index contributed by atoms with van der Waals surface area (Å²) in [4.78, 5) is 0. The molecule has 4 saturated carbocycles. The summed E-state index contributed by atoms with van der Waals surface area (Å²) >= 11 is 0. The molecule has 1 heterocycles. The van der Waals surface area contributed by atoms with Crippen LogP contribution in [-0.2, 0) is 5.41 Å². The fraction of sp³-hybridized carbons (Fsp3) is 0.478. The Morgan fingerprint density at radius 2 is 1.50 bits per heavy atom. The first-order valence-electron chi connectivity index (χ1n) is 9.74. The molecule has 1 heteroatoms. The van der Waals surface area contributed by atoms with Crippen LogP contribution in [0, 0.1) is 29.6 Å². The van der Waals surface area contributed by atoms with Gasteiger partial charge in [0, 0.05) is 16.8 Å². The fourth-order valence-corrected chi connectivity index (χ4v) is 7.32. The third-order valence-electron chi connectivity index (χ3n) is 8.05. The van der Waals surface area contributed by atoms with Gasteiger partial charge in [-0.1, -0.05) is 43.3 Å². The van der Waals surface area contributed by atoms with Crippen molar-refractivity contribution in [3.8, 4) is 0 Å². The van der Waals surface area contributed by atoms with Crippen molar-refractivity contribution in [3.05, 3.63) is 59.7 Å². The molecule has 4 fully saturated rings. The van der Waals surface area contributed by atoms with Crippen LogP contribution in [-0.4, -0.2) is 0 Å². The van der Waals surface area contributed by atoms with Gasteiger partial charge in [-0.05, 0) is 78.5 Å². The molecule has 2 aromatic rings. The smallest absolute Gasteiger partial charge is 0.0426 e. The van der Waals surface area contributed by atoms with Crippen LogP contribution in [0.15, 0.2) is 48.5 Å². The van der Waals surface area contributed by atoms with E-state index < -0.39 is 0 Å². The number of fused-ring (bicyclic) bond motifs is 2. The second-order valence-corrected chi connectivity index (χ2v) is 8.82. The quantitative estimate of drug-likeness (QED) is 0.654. The lowest BCUT2D eigenvalue weighted by atomic mass is 9.39. The minimum Gasteiger partial charge on any atom is -0.355 e. The minimum atomic E-state index is 0.255. The van der Waals surface area contributed by atoms with Crippen LogP contribution < -0.4 is 5.32 Å². The van der Waals surface area contributed by atoms with Crippen LogP contribution in [0.1, 0.15) is 43.7 Å². The molecule has 0 radical (unpaired) electrons. The van der Waals surface area contributed by atoms with Gasteiger partial charge in [0.15, 0.2) is 0 Å². The maximum atomic E-state index is 3.74. The maximum absolute atomic E-state index is 3.74. The van der Waals surface area contributed by atoms with E-state index in [0.29, 0.717) is 0 Å². The summed E-state index contributed by atoms with van der Waals surface area (Å²) in [6, 6.07) is 18.3. The van der Waals surface area contributed by atoms with Gasteiger partial charge in [-0.25, -0.2) is 0 Å². The van der Waals surface area contributed by atoms with E-state index in [2.05, 4.69) is 60.8 Å². The maximum Gasteiger partial charge on any atom is 0.0426 e. The number of hydrogen-bond donors (Lipinski definition) is 1. The zero-order chi connectivity index (χ0) is 15.9. The highest BCUT2D eigenvalue weighted by Crippen LogP contribution is 2.69. The first-order chi connectivity index (χ1) is 11.8. The van der Waals surface area contributed by atoms with Crippen molar-refractivity contribution in [2.45, 2.75) is 38.0 Å². The summed E-state index contributed by atoms with van der Waals surface area (Å²) in [6.07, 6.45) is 5.84. The third kappa shape index (κ3) is 1.44. The van der Waals surface area contributed by atoms with Gasteiger partial charge in [-0.2, -0.15) is 0 Å². The van der Waals surface area contributed by atoms with Crippen molar-refractivity contribution < 1.29 is 0 Å². The van der Waals surface area contributed by atoms with Gasteiger partial charge in [-0.3, -0.25) is 0 Å². The highest BCUT2D eigenvalue weighted by atomic mass is 14.9. The molecule has 0 aromatic heterocycles. The summed E-state index contributed by atoms with van der Waals surface area (Å²) in [5, 5.41) is 3.74. The summed E-state index contributed by atoms with van der Waals surface area (Å²) in [5.74, 6) is 4.48. The van der Waals surface area contributed by atoms with Crippen molar-refractivity contribution in [1.82, 2.24) is 0 Å². The molecular formula is C23H25N. The summed E-state index contributed by atoms with van der Waals surface area (Å²) in [5.41, 5.74) is 6.14. The lowest BCUT2D eigenvalue weighted by molar-refractivity contribution is -0.0832. The number of benzene rings is 2. The van der Waals surface area contributed by atoms with E-state index in [-0.39, 0.29) is 5.41 Å². The van der Waals surface area contributed by atoms with Crippen molar-refractivity contribution in [3.63, 3.8) is 0 Å². The second-order valence-electron chi connectivity index (χ2n) is 8.82. The topological polar surface area (TPSA) is 12.0 Å². The van der Waals surface area contributed by atoms with Crippen LogP contribution in [0.4, 0.5) is 11.4 Å². The van der Waals surface area contributed by atoms with Crippen molar-refractivity contribution in [2.75, 3.05) is 5.32 Å². The number of hydrogen-bond acceptors (Lipinski definition) is 1. The number of rotatable bonds is 0. The zero-order valence-corrected chi connectivity index (χ0v) is 14.3. The summed E-state index contributed by atoms with van der Waals surface area (Å²) in [6.45, 7) is 2.56. The number of para-hydroxylation sites is 2. The van der Waals surface area contributed by atoms with Gasteiger partial charge in [0.05, 0.1) is 0 Å². The summed E-state index contributed by atoms with van der Waals surface area (Å²) < 4.78 is 0. The van der Waals surface area contributed by atoms with E-state index in [4.69, 9.17) is 0 Å².